The number of piperidine rings is 1. The number of carbonyl (C=O) groups is 1. The number of benzene rings is 1. The summed E-state index contributed by atoms with van der Waals surface area (Å²) in [5, 5.41) is 2.97. The molecular formula is C17H24F2N2O2. The Balaban J connectivity index is 1.85. The van der Waals surface area contributed by atoms with Crippen molar-refractivity contribution in [2.45, 2.75) is 38.8 Å². The van der Waals surface area contributed by atoms with Gasteiger partial charge in [-0.25, -0.2) is 8.78 Å². The van der Waals surface area contributed by atoms with Crippen molar-refractivity contribution in [1.29, 1.82) is 0 Å². The van der Waals surface area contributed by atoms with E-state index in [0.717, 1.165) is 19.4 Å². The Hall–Kier alpha value is -1.53. The number of halogens is 2. The van der Waals surface area contributed by atoms with E-state index in [1.807, 2.05) is 11.8 Å². The first kappa shape index (κ1) is 17.8. The van der Waals surface area contributed by atoms with Crippen LogP contribution in [0.25, 0.3) is 0 Å². The molecule has 1 fully saturated rings. The van der Waals surface area contributed by atoms with Crippen LogP contribution in [0.1, 0.15) is 31.7 Å². The van der Waals surface area contributed by atoms with Crippen LogP contribution in [0, 0.1) is 11.6 Å². The molecule has 0 aromatic heterocycles. The van der Waals surface area contributed by atoms with Gasteiger partial charge in [-0.05, 0) is 38.4 Å². The van der Waals surface area contributed by atoms with Gasteiger partial charge in [0.25, 0.3) is 0 Å². The summed E-state index contributed by atoms with van der Waals surface area (Å²) in [6, 6.07) is 3.93. The third-order valence-electron chi connectivity index (χ3n) is 3.99. The van der Waals surface area contributed by atoms with Gasteiger partial charge in [0.15, 0.2) is 0 Å². The van der Waals surface area contributed by atoms with Crippen molar-refractivity contribution in [1.82, 2.24) is 10.2 Å². The predicted octanol–water partition coefficient (Wildman–Crippen LogP) is 2.47. The van der Waals surface area contributed by atoms with Crippen molar-refractivity contribution >= 4 is 5.91 Å². The first-order valence-corrected chi connectivity index (χ1v) is 8.12. The maximum atomic E-state index is 13.7. The summed E-state index contributed by atoms with van der Waals surface area (Å²) in [5.41, 5.74) is 0.0934. The van der Waals surface area contributed by atoms with Crippen LogP contribution >= 0.6 is 0 Å². The van der Waals surface area contributed by atoms with Crippen LogP contribution in [0.15, 0.2) is 18.2 Å². The fourth-order valence-electron chi connectivity index (χ4n) is 2.83. The third-order valence-corrected chi connectivity index (χ3v) is 3.99. The monoisotopic (exact) mass is 326 g/mol. The van der Waals surface area contributed by atoms with Gasteiger partial charge in [-0.15, -0.1) is 0 Å². The van der Waals surface area contributed by atoms with Gasteiger partial charge in [0.1, 0.15) is 11.6 Å². The summed E-state index contributed by atoms with van der Waals surface area (Å²) in [4.78, 5) is 13.8. The van der Waals surface area contributed by atoms with E-state index in [-0.39, 0.29) is 24.1 Å². The number of ether oxygens (including phenoxy) is 1. The normalized spacial score (nSPS) is 18.8. The summed E-state index contributed by atoms with van der Waals surface area (Å²) in [7, 11) is 0. The average molecular weight is 326 g/mol. The number of hydrogen-bond donors (Lipinski definition) is 1. The highest BCUT2D eigenvalue weighted by Crippen LogP contribution is 2.18. The number of carbonyl (C=O) groups excluding carboxylic acids is 1. The molecule has 0 radical (unpaired) electrons. The van der Waals surface area contributed by atoms with Gasteiger partial charge in [0.05, 0.1) is 6.61 Å². The number of nitrogens with zero attached hydrogens (tertiary/aromatic N) is 1. The van der Waals surface area contributed by atoms with E-state index < -0.39 is 11.6 Å². The molecule has 2 rings (SSSR count). The molecule has 1 saturated heterocycles. The minimum atomic E-state index is -0.520. The number of rotatable bonds is 7. The quantitative estimate of drug-likeness (QED) is 0.783. The minimum absolute atomic E-state index is 0.0210. The lowest BCUT2D eigenvalue weighted by Crippen LogP contribution is -2.47. The fraction of sp³-hybridized carbons (Fsp3) is 0.588. The summed E-state index contributed by atoms with van der Waals surface area (Å²) in [6.45, 7) is 4.51. The summed E-state index contributed by atoms with van der Waals surface area (Å²) < 4.78 is 32.6. The van der Waals surface area contributed by atoms with Gasteiger partial charge in [0, 0.05) is 37.7 Å². The minimum Gasteiger partial charge on any atom is -0.381 e. The van der Waals surface area contributed by atoms with E-state index in [1.165, 1.54) is 18.2 Å². The highest BCUT2D eigenvalue weighted by molar-refractivity contribution is 5.76. The molecule has 0 spiro atoms. The molecule has 4 nitrogen and oxygen atoms in total. The topological polar surface area (TPSA) is 41.6 Å². The summed E-state index contributed by atoms with van der Waals surface area (Å²) in [6.07, 6.45) is 2.12. The summed E-state index contributed by atoms with van der Waals surface area (Å²) in [5.74, 6) is -1.08. The number of likely N-dealkylation sites (tertiary alicyclic amines) is 1. The van der Waals surface area contributed by atoms with Crippen LogP contribution < -0.4 is 5.32 Å². The first-order chi connectivity index (χ1) is 11.1. The lowest BCUT2D eigenvalue weighted by molar-refractivity contribution is -0.123. The smallest absolute Gasteiger partial charge is 0.222 e. The molecule has 1 aromatic rings. The third kappa shape index (κ3) is 5.55. The SMILES string of the molecule is CCOCCC(=O)NC1CCCN(Cc2c(F)cccc2F)C1. The molecule has 1 aliphatic heterocycles. The highest BCUT2D eigenvalue weighted by Gasteiger charge is 2.23. The Kier molecular flexibility index (Phi) is 6.92. The van der Waals surface area contributed by atoms with Crippen molar-refractivity contribution in [3.05, 3.63) is 35.4 Å². The van der Waals surface area contributed by atoms with Gasteiger partial charge in [-0.3, -0.25) is 9.69 Å². The fourth-order valence-corrected chi connectivity index (χ4v) is 2.83. The van der Waals surface area contributed by atoms with Crippen molar-refractivity contribution < 1.29 is 18.3 Å². The molecule has 1 aromatic carbocycles. The Bertz CT molecular complexity index is 505. The lowest BCUT2D eigenvalue weighted by atomic mass is 10.0. The second kappa shape index (κ2) is 8.93. The van der Waals surface area contributed by atoms with E-state index in [1.54, 1.807) is 0 Å². The zero-order valence-electron chi connectivity index (χ0n) is 13.5. The highest BCUT2D eigenvalue weighted by atomic mass is 19.1. The molecule has 1 aliphatic rings. The molecule has 128 valence electrons. The van der Waals surface area contributed by atoms with Gasteiger partial charge < -0.3 is 10.1 Å². The van der Waals surface area contributed by atoms with Gasteiger partial charge in [-0.1, -0.05) is 6.07 Å². The van der Waals surface area contributed by atoms with Crippen LogP contribution in [0.5, 0.6) is 0 Å². The largest absolute Gasteiger partial charge is 0.381 e. The standard InChI is InChI=1S/C17H24F2N2O2/c1-2-23-10-8-17(22)20-13-5-4-9-21(11-13)12-14-15(18)6-3-7-16(14)19/h3,6-7,13H,2,4-5,8-12H2,1H3,(H,20,22). The Morgan fingerprint density at radius 3 is 2.83 bits per heavy atom. The first-order valence-electron chi connectivity index (χ1n) is 8.12. The Morgan fingerprint density at radius 1 is 1.39 bits per heavy atom. The van der Waals surface area contributed by atoms with Crippen molar-refractivity contribution in [2.75, 3.05) is 26.3 Å². The van der Waals surface area contributed by atoms with Gasteiger partial charge in [-0.2, -0.15) is 0 Å². The molecular weight excluding hydrogens is 302 g/mol. The van der Waals surface area contributed by atoms with Crippen LogP contribution in [-0.4, -0.2) is 43.2 Å². The molecule has 0 aliphatic carbocycles. The number of hydrogen-bond acceptors (Lipinski definition) is 3. The van der Waals surface area contributed by atoms with Crippen molar-refractivity contribution in [3.63, 3.8) is 0 Å². The Labute approximate surface area is 135 Å². The van der Waals surface area contributed by atoms with Crippen LogP contribution in [0.3, 0.4) is 0 Å². The van der Waals surface area contributed by atoms with E-state index in [0.29, 0.717) is 26.2 Å². The van der Waals surface area contributed by atoms with Crippen LogP contribution in [-0.2, 0) is 16.1 Å². The molecule has 23 heavy (non-hydrogen) atoms. The van der Waals surface area contributed by atoms with E-state index in [4.69, 9.17) is 4.74 Å². The van der Waals surface area contributed by atoms with Crippen molar-refractivity contribution in [2.24, 2.45) is 0 Å². The van der Waals surface area contributed by atoms with E-state index in [9.17, 15) is 13.6 Å². The van der Waals surface area contributed by atoms with Crippen LogP contribution in [0.2, 0.25) is 0 Å². The summed E-state index contributed by atoms with van der Waals surface area (Å²) >= 11 is 0. The molecule has 1 N–H and O–H groups in total. The second-order valence-electron chi connectivity index (χ2n) is 5.79. The zero-order chi connectivity index (χ0) is 16.7. The molecule has 6 heteroatoms. The second-order valence-corrected chi connectivity index (χ2v) is 5.79. The molecule has 1 atom stereocenters. The predicted molar refractivity (Wildman–Crippen MR) is 83.9 cm³/mol. The lowest BCUT2D eigenvalue weighted by Gasteiger charge is -2.33. The van der Waals surface area contributed by atoms with E-state index in [2.05, 4.69) is 5.32 Å². The Morgan fingerprint density at radius 2 is 2.13 bits per heavy atom. The van der Waals surface area contributed by atoms with E-state index >= 15 is 0 Å². The molecule has 1 amide bonds. The average Bonchev–Trinajstić information content (AvgIpc) is 2.52. The number of amides is 1. The number of nitrogens with one attached hydrogen (secondary N) is 1. The molecule has 0 bridgehead atoms. The zero-order valence-corrected chi connectivity index (χ0v) is 13.5. The van der Waals surface area contributed by atoms with Gasteiger partial charge >= 0.3 is 0 Å². The molecule has 1 heterocycles. The maximum Gasteiger partial charge on any atom is 0.222 e. The molecule has 0 saturated carbocycles. The van der Waals surface area contributed by atoms with Gasteiger partial charge in [0.2, 0.25) is 5.91 Å². The maximum absolute atomic E-state index is 13.7. The molecule has 1 unspecified atom stereocenters. The van der Waals surface area contributed by atoms with Crippen LogP contribution in [0.4, 0.5) is 8.78 Å². The van der Waals surface area contributed by atoms with Crippen molar-refractivity contribution in [3.8, 4) is 0 Å².